The van der Waals surface area contributed by atoms with Crippen LogP contribution in [0.2, 0.25) is 0 Å². The van der Waals surface area contributed by atoms with Crippen LogP contribution in [0.3, 0.4) is 0 Å². The quantitative estimate of drug-likeness (QED) is 0.880. The number of pyridine rings is 1. The molecule has 2 aliphatic heterocycles. The van der Waals surface area contributed by atoms with E-state index in [4.69, 9.17) is 14.2 Å². The summed E-state index contributed by atoms with van der Waals surface area (Å²) in [5.41, 5.74) is 1.23. The molecule has 1 aliphatic carbocycles. The number of aromatic nitrogens is 1. The van der Waals surface area contributed by atoms with Crippen LogP contribution in [0.4, 0.5) is 11.5 Å². The van der Waals surface area contributed by atoms with E-state index in [2.05, 4.69) is 15.2 Å². The second-order valence-electron chi connectivity index (χ2n) is 7.41. The van der Waals surface area contributed by atoms with Crippen molar-refractivity contribution in [2.24, 2.45) is 0 Å². The summed E-state index contributed by atoms with van der Waals surface area (Å²) in [6, 6.07) is 9.13. The summed E-state index contributed by atoms with van der Waals surface area (Å²) in [5.74, 6) is 1.44. The van der Waals surface area contributed by atoms with Gasteiger partial charge in [-0.3, -0.25) is 4.79 Å². The van der Waals surface area contributed by atoms with Gasteiger partial charge < -0.3 is 24.4 Å². The highest BCUT2D eigenvalue weighted by atomic mass is 16.7. The number of benzene rings is 1. The molecule has 7 nitrogen and oxygen atoms in total. The van der Waals surface area contributed by atoms with Crippen LogP contribution in [0.25, 0.3) is 0 Å². The lowest BCUT2D eigenvalue weighted by atomic mass is 10.2. The number of amides is 1. The van der Waals surface area contributed by atoms with E-state index in [1.54, 1.807) is 18.3 Å². The summed E-state index contributed by atoms with van der Waals surface area (Å²) < 4.78 is 17.5. The van der Waals surface area contributed by atoms with E-state index < -0.39 is 5.79 Å². The van der Waals surface area contributed by atoms with E-state index in [0.29, 0.717) is 36.0 Å². The molecule has 7 heteroatoms. The Morgan fingerprint density at radius 2 is 1.86 bits per heavy atom. The van der Waals surface area contributed by atoms with E-state index in [0.717, 1.165) is 44.5 Å². The maximum atomic E-state index is 12.9. The standard InChI is InChI=1S/C21H23N3O4/c25-20(16-4-3-9-22-19(16)24-10-12-26-13-11-24)23-15-5-6-17-18(14-15)28-21(27-17)7-1-2-8-21/h3-6,9,14H,1-2,7-8,10-13H2,(H,23,25). The minimum absolute atomic E-state index is 0.191. The van der Waals surface area contributed by atoms with Crippen LogP contribution in [-0.4, -0.2) is 43.0 Å². The topological polar surface area (TPSA) is 72.9 Å². The van der Waals surface area contributed by atoms with Gasteiger partial charge in [-0.25, -0.2) is 4.98 Å². The summed E-state index contributed by atoms with van der Waals surface area (Å²) in [4.78, 5) is 19.5. The lowest BCUT2D eigenvalue weighted by molar-refractivity contribution is -0.0716. The van der Waals surface area contributed by atoms with Crippen molar-refractivity contribution in [3.8, 4) is 11.5 Å². The predicted molar refractivity (Wildman–Crippen MR) is 104 cm³/mol. The molecule has 1 spiro atoms. The van der Waals surface area contributed by atoms with Crippen LogP contribution in [-0.2, 0) is 4.74 Å². The Labute approximate surface area is 163 Å². The van der Waals surface area contributed by atoms with E-state index in [-0.39, 0.29) is 5.91 Å². The molecule has 5 rings (SSSR count). The third-order valence-electron chi connectivity index (χ3n) is 5.50. The fourth-order valence-corrected chi connectivity index (χ4v) is 4.09. The molecule has 146 valence electrons. The molecule has 0 bridgehead atoms. The van der Waals surface area contributed by atoms with Gasteiger partial charge in [-0.05, 0) is 37.1 Å². The lowest BCUT2D eigenvalue weighted by Crippen LogP contribution is -2.38. The third kappa shape index (κ3) is 3.16. The first-order valence-electron chi connectivity index (χ1n) is 9.84. The number of fused-ring (bicyclic) bond motifs is 1. The lowest BCUT2D eigenvalue weighted by Gasteiger charge is -2.29. The number of anilines is 2. The summed E-state index contributed by atoms with van der Waals surface area (Å²) in [6.07, 6.45) is 5.75. The molecule has 2 fully saturated rings. The molecule has 1 aromatic heterocycles. The summed E-state index contributed by atoms with van der Waals surface area (Å²) in [5, 5.41) is 2.97. The van der Waals surface area contributed by atoms with Gasteiger partial charge in [-0.15, -0.1) is 0 Å². The van der Waals surface area contributed by atoms with Crippen molar-refractivity contribution in [2.75, 3.05) is 36.5 Å². The number of nitrogens with one attached hydrogen (secondary N) is 1. The zero-order valence-corrected chi connectivity index (χ0v) is 15.6. The van der Waals surface area contributed by atoms with Crippen molar-refractivity contribution < 1.29 is 19.0 Å². The fraction of sp³-hybridized carbons (Fsp3) is 0.429. The van der Waals surface area contributed by atoms with Crippen molar-refractivity contribution in [1.82, 2.24) is 4.98 Å². The molecule has 0 radical (unpaired) electrons. The van der Waals surface area contributed by atoms with Gasteiger partial charge in [-0.2, -0.15) is 0 Å². The van der Waals surface area contributed by atoms with Crippen LogP contribution < -0.4 is 19.7 Å². The number of hydrogen-bond donors (Lipinski definition) is 1. The Bertz CT molecular complexity index is 889. The van der Waals surface area contributed by atoms with Crippen LogP contribution in [0.1, 0.15) is 36.0 Å². The van der Waals surface area contributed by atoms with E-state index in [9.17, 15) is 4.79 Å². The first-order valence-corrected chi connectivity index (χ1v) is 9.84. The van der Waals surface area contributed by atoms with Crippen molar-refractivity contribution in [3.63, 3.8) is 0 Å². The molecule has 3 aliphatic rings. The number of rotatable bonds is 3. The predicted octanol–water partition coefficient (Wildman–Crippen LogP) is 3.21. The van der Waals surface area contributed by atoms with E-state index in [1.807, 2.05) is 18.2 Å². The summed E-state index contributed by atoms with van der Waals surface area (Å²) >= 11 is 0. The molecule has 1 saturated carbocycles. The van der Waals surface area contributed by atoms with Gasteiger partial charge in [0, 0.05) is 43.9 Å². The normalized spacial score (nSPS) is 19.8. The largest absolute Gasteiger partial charge is 0.448 e. The number of morpholine rings is 1. The number of ether oxygens (including phenoxy) is 3. The van der Waals surface area contributed by atoms with E-state index in [1.165, 1.54) is 0 Å². The molecule has 1 aromatic carbocycles. The molecule has 28 heavy (non-hydrogen) atoms. The maximum absolute atomic E-state index is 12.9. The highest BCUT2D eigenvalue weighted by molar-refractivity contribution is 6.07. The van der Waals surface area contributed by atoms with Gasteiger partial charge in [0.1, 0.15) is 5.82 Å². The Hall–Kier alpha value is -2.80. The number of hydrogen-bond acceptors (Lipinski definition) is 6. The van der Waals surface area contributed by atoms with Crippen LogP contribution in [0.15, 0.2) is 36.5 Å². The second-order valence-corrected chi connectivity index (χ2v) is 7.41. The zero-order chi connectivity index (χ0) is 19.0. The van der Waals surface area contributed by atoms with Crippen LogP contribution in [0, 0.1) is 0 Å². The van der Waals surface area contributed by atoms with Crippen molar-refractivity contribution in [2.45, 2.75) is 31.5 Å². The summed E-state index contributed by atoms with van der Waals surface area (Å²) in [6.45, 7) is 2.73. The molecule has 0 unspecified atom stereocenters. The SMILES string of the molecule is O=C(Nc1ccc2c(c1)OC1(CCCC1)O2)c1cccnc1N1CCOCC1. The second kappa shape index (κ2) is 6.98. The minimum Gasteiger partial charge on any atom is -0.448 e. The molecule has 1 saturated heterocycles. The summed E-state index contributed by atoms with van der Waals surface area (Å²) in [7, 11) is 0. The first-order chi connectivity index (χ1) is 13.7. The first kappa shape index (κ1) is 17.3. The fourth-order valence-electron chi connectivity index (χ4n) is 4.09. The highest BCUT2D eigenvalue weighted by Gasteiger charge is 2.44. The van der Waals surface area contributed by atoms with Crippen molar-refractivity contribution >= 4 is 17.4 Å². The molecule has 3 heterocycles. The highest BCUT2D eigenvalue weighted by Crippen LogP contribution is 2.47. The third-order valence-corrected chi connectivity index (χ3v) is 5.50. The Morgan fingerprint density at radius 3 is 2.68 bits per heavy atom. The molecule has 2 aromatic rings. The Balaban J connectivity index is 1.35. The van der Waals surface area contributed by atoms with Gasteiger partial charge in [0.25, 0.3) is 11.7 Å². The average Bonchev–Trinajstić information content (AvgIpc) is 3.34. The van der Waals surface area contributed by atoms with Crippen molar-refractivity contribution in [3.05, 3.63) is 42.1 Å². The molecule has 1 amide bonds. The Morgan fingerprint density at radius 1 is 1.07 bits per heavy atom. The number of carbonyl (C=O) groups excluding carboxylic acids is 1. The molecular weight excluding hydrogens is 358 g/mol. The van der Waals surface area contributed by atoms with Gasteiger partial charge in [0.2, 0.25) is 0 Å². The zero-order valence-electron chi connectivity index (χ0n) is 15.6. The van der Waals surface area contributed by atoms with E-state index >= 15 is 0 Å². The monoisotopic (exact) mass is 381 g/mol. The van der Waals surface area contributed by atoms with Gasteiger partial charge >= 0.3 is 0 Å². The molecule has 0 atom stereocenters. The van der Waals surface area contributed by atoms with Gasteiger partial charge in [-0.1, -0.05) is 0 Å². The number of nitrogens with zero attached hydrogens (tertiary/aromatic N) is 2. The minimum atomic E-state index is -0.502. The molecule has 1 N–H and O–H groups in total. The van der Waals surface area contributed by atoms with Crippen LogP contribution in [0.5, 0.6) is 11.5 Å². The van der Waals surface area contributed by atoms with Gasteiger partial charge in [0.05, 0.1) is 18.8 Å². The maximum Gasteiger partial charge on any atom is 0.259 e. The average molecular weight is 381 g/mol. The van der Waals surface area contributed by atoms with Gasteiger partial charge in [0.15, 0.2) is 11.5 Å². The van der Waals surface area contributed by atoms with Crippen LogP contribution >= 0.6 is 0 Å². The van der Waals surface area contributed by atoms with Crippen molar-refractivity contribution in [1.29, 1.82) is 0 Å². The number of carbonyl (C=O) groups is 1. The molecular formula is C21H23N3O4. The Kier molecular flexibility index (Phi) is 4.31. The smallest absolute Gasteiger partial charge is 0.259 e.